The highest BCUT2D eigenvalue weighted by atomic mass is 16.1. The van der Waals surface area contributed by atoms with Gasteiger partial charge >= 0.3 is 0 Å². The number of carbonyl (C=O) groups is 1. The van der Waals surface area contributed by atoms with Crippen LogP contribution >= 0.6 is 0 Å². The van der Waals surface area contributed by atoms with Gasteiger partial charge in [0.15, 0.2) is 5.78 Å². The van der Waals surface area contributed by atoms with Gasteiger partial charge in [-0.1, -0.05) is 57.5 Å². The molecular weight excluding hydrogens is 318 g/mol. The molecule has 1 aliphatic carbocycles. The van der Waals surface area contributed by atoms with Crippen LogP contribution in [0.5, 0.6) is 0 Å². The Balaban J connectivity index is 1.59. The highest BCUT2D eigenvalue weighted by molar-refractivity contribution is 5.99. The lowest BCUT2D eigenvalue weighted by molar-refractivity contribution is -0.118. The number of piperidine rings is 1. The van der Waals surface area contributed by atoms with Crippen molar-refractivity contribution < 1.29 is 4.79 Å². The van der Waals surface area contributed by atoms with E-state index in [1.54, 1.807) is 0 Å². The van der Waals surface area contributed by atoms with E-state index in [0.717, 1.165) is 31.4 Å². The average molecular weight is 354 g/mol. The summed E-state index contributed by atoms with van der Waals surface area (Å²) in [6.45, 7) is 10.1. The van der Waals surface area contributed by atoms with Gasteiger partial charge in [0.05, 0.1) is 0 Å². The summed E-state index contributed by atoms with van der Waals surface area (Å²) in [5.41, 5.74) is 3.80. The van der Waals surface area contributed by atoms with E-state index in [-0.39, 0.29) is 5.92 Å². The lowest BCUT2D eigenvalue weighted by atomic mass is 9.94. The summed E-state index contributed by atoms with van der Waals surface area (Å²) in [6, 6.07) is 8.98. The number of nitrogens with zero attached hydrogens (tertiary/aromatic N) is 1. The molecule has 1 saturated carbocycles. The molecule has 2 nitrogen and oxygen atoms in total. The normalized spacial score (nSPS) is 24.5. The summed E-state index contributed by atoms with van der Waals surface area (Å²) in [5, 5.41) is 0. The molecule has 1 aromatic rings. The molecule has 142 valence electrons. The van der Waals surface area contributed by atoms with E-state index in [9.17, 15) is 4.79 Å². The van der Waals surface area contributed by atoms with Gasteiger partial charge in [-0.25, -0.2) is 0 Å². The van der Waals surface area contributed by atoms with Crippen molar-refractivity contribution in [3.05, 3.63) is 47.0 Å². The Morgan fingerprint density at radius 3 is 2.42 bits per heavy atom. The van der Waals surface area contributed by atoms with Gasteiger partial charge in [-0.3, -0.25) is 4.79 Å². The van der Waals surface area contributed by atoms with E-state index in [0.29, 0.717) is 17.6 Å². The first kappa shape index (κ1) is 19.4. The molecule has 1 heterocycles. The summed E-state index contributed by atoms with van der Waals surface area (Å²) in [6.07, 6.45) is 9.32. The van der Waals surface area contributed by atoms with Crippen LogP contribution in [-0.2, 0) is 11.2 Å². The fourth-order valence-electron chi connectivity index (χ4n) is 4.47. The van der Waals surface area contributed by atoms with Crippen LogP contribution in [0.2, 0.25) is 0 Å². The van der Waals surface area contributed by atoms with Gasteiger partial charge in [0.2, 0.25) is 0 Å². The van der Waals surface area contributed by atoms with Crippen LogP contribution in [-0.4, -0.2) is 30.3 Å². The van der Waals surface area contributed by atoms with Gasteiger partial charge < -0.3 is 4.90 Å². The molecular formula is C24H35NO. The first-order valence-electron chi connectivity index (χ1n) is 10.6. The Hall–Kier alpha value is -1.41. The molecule has 3 rings (SSSR count). The third-order valence-electron chi connectivity index (χ3n) is 5.98. The van der Waals surface area contributed by atoms with Crippen LogP contribution in [0.4, 0.5) is 0 Å². The second-order valence-corrected chi connectivity index (χ2v) is 8.78. The minimum absolute atomic E-state index is 0.236. The van der Waals surface area contributed by atoms with Crippen LogP contribution < -0.4 is 0 Å². The second-order valence-electron chi connectivity index (χ2n) is 8.78. The average Bonchev–Trinajstić information content (AvgIpc) is 2.96. The summed E-state index contributed by atoms with van der Waals surface area (Å²) in [7, 11) is 0. The fraction of sp³-hybridized carbons (Fsp3) is 0.625. The molecule has 2 unspecified atom stereocenters. The molecule has 2 atom stereocenters. The van der Waals surface area contributed by atoms with Gasteiger partial charge in [-0.15, -0.1) is 0 Å². The van der Waals surface area contributed by atoms with Gasteiger partial charge in [0, 0.05) is 12.5 Å². The standard InChI is InChI=1S/C24H35NO/c1-18(2)15-20-7-9-21(10-8-20)19(3)16-22-11-12-23(24(22)26)17-25-13-5-4-6-14-25/h7-10,16,18-19,23H,4-6,11-15,17H2,1-3H3/b22-16-. The maximum atomic E-state index is 12.8. The van der Waals surface area contributed by atoms with Crippen molar-refractivity contribution in [1.29, 1.82) is 0 Å². The third-order valence-corrected chi connectivity index (χ3v) is 5.98. The number of hydrogen-bond acceptors (Lipinski definition) is 2. The summed E-state index contributed by atoms with van der Waals surface area (Å²) < 4.78 is 0. The molecule has 0 bridgehead atoms. The number of carbonyl (C=O) groups excluding carboxylic acids is 1. The van der Waals surface area contributed by atoms with E-state index < -0.39 is 0 Å². The predicted molar refractivity (Wildman–Crippen MR) is 110 cm³/mol. The van der Waals surface area contributed by atoms with Crippen molar-refractivity contribution in [1.82, 2.24) is 4.90 Å². The minimum Gasteiger partial charge on any atom is -0.303 e. The Morgan fingerprint density at radius 2 is 1.77 bits per heavy atom. The van der Waals surface area contributed by atoms with E-state index in [2.05, 4.69) is 56.0 Å². The number of rotatable bonds is 6. The van der Waals surface area contributed by atoms with Crippen LogP contribution in [0.1, 0.15) is 69.9 Å². The number of benzene rings is 1. The van der Waals surface area contributed by atoms with Crippen molar-refractivity contribution in [3.63, 3.8) is 0 Å². The molecule has 26 heavy (non-hydrogen) atoms. The molecule has 1 aromatic carbocycles. The number of hydrogen-bond donors (Lipinski definition) is 0. The zero-order valence-electron chi connectivity index (χ0n) is 16.8. The van der Waals surface area contributed by atoms with Crippen LogP contribution in [0.25, 0.3) is 0 Å². The Morgan fingerprint density at radius 1 is 1.08 bits per heavy atom. The highest BCUT2D eigenvalue weighted by Crippen LogP contribution is 2.31. The third kappa shape index (κ3) is 5.07. The highest BCUT2D eigenvalue weighted by Gasteiger charge is 2.31. The fourth-order valence-corrected chi connectivity index (χ4v) is 4.47. The smallest absolute Gasteiger partial charge is 0.162 e. The molecule has 0 aromatic heterocycles. The van der Waals surface area contributed by atoms with Crippen LogP contribution in [0.3, 0.4) is 0 Å². The van der Waals surface area contributed by atoms with Gasteiger partial charge in [-0.05, 0) is 73.7 Å². The lowest BCUT2D eigenvalue weighted by Gasteiger charge is -2.28. The predicted octanol–water partition coefficient (Wildman–Crippen LogP) is 5.38. The van der Waals surface area contributed by atoms with Crippen molar-refractivity contribution in [2.45, 2.75) is 65.2 Å². The number of ketones is 1. The number of likely N-dealkylation sites (tertiary alicyclic amines) is 1. The maximum Gasteiger partial charge on any atom is 0.162 e. The molecule has 0 radical (unpaired) electrons. The van der Waals surface area contributed by atoms with Crippen molar-refractivity contribution >= 4 is 5.78 Å². The Kier molecular flexibility index (Phi) is 6.69. The zero-order valence-corrected chi connectivity index (χ0v) is 16.8. The van der Waals surface area contributed by atoms with E-state index in [4.69, 9.17) is 0 Å². The van der Waals surface area contributed by atoms with E-state index in [1.165, 1.54) is 43.5 Å². The molecule has 0 spiro atoms. The maximum absolute atomic E-state index is 12.8. The van der Waals surface area contributed by atoms with Crippen molar-refractivity contribution in [2.24, 2.45) is 11.8 Å². The monoisotopic (exact) mass is 353 g/mol. The van der Waals surface area contributed by atoms with Crippen LogP contribution in [0.15, 0.2) is 35.9 Å². The lowest BCUT2D eigenvalue weighted by Crippen LogP contribution is -2.35. The SMILES string of the molecule is CC(C)Cc1ccc(C(C)/C=C2/CCC(CN3CCCCC3)C2=O)cc1. The molecule has 0 N–H and O–H groups in total. The molecule has 2 aliphatic rings. The minimum atomic E-state index is 0.236. The van der Waals surface area contributed by atoms with Crippen molar-refractivity contribution in [2.75, 3.05) is 19.6 Å². The van der Waals surface area contributed by atoms with Gasteiger partial charge in [0.1, 0.15) is 0 Å². The summed E-state index contributed by atoms with van der Waals surface area (Å²) in [4.78, 5) is 15.3. The van der Waals surface area contributed by atoms with E-state index in [1.807, 2.05) is 0 Å². The first-order chi connectivity index (χ1) is 12.5. The molecule has 0 amide bonds. The summed E-state index contributed by atoms with van der Waals surface area (Å²) >= 11 is 0. The number of Topliss-reactive ketones (excluding diaryl/α,β-unsaturated/α-hetero) is 1. The topological polar surface area (TPSA) is 20.3 Å². The first-order valence-corrected chi connectivity index (χ1v) is 10.6. The summed E-state index contributed by atoms with van der Waals surface area (Å²) in [5.74, 6) is 1.66. The van der Waals surface area contributed by atoms with Crippen molar-refractivity contribution in [3.8, 4) is 0 Å². The Labute approximate surface area is 159 Å². The number of allylic oxidation sites excluding steroid dienone is 2. The molecule has 1 saturated heterocycles. The molecule has 2 heteroatoms. The van der Waals surface area contributed by atoms with Gasteiger partial charge in [0.25, 0.3) is 0 Å². The largest absolute Gasteiger partial charge is 0.303 e. The molecule has 2 fully saturated rings. The zero-order chi connectivity index (χ0) is 18.5. The Bertz CT molecular complexity index is 622. The van der Waals surface area contributed by atoms with Gasteiger partial charge in [-0.2, -0.15) is 0 Å². The van der Waals surface area contributed by atoms with Crippen LogP contribution in [0, 0.1) is 11.8 Å². The van der Waals surface area contributed by atoms with E-state index >= 15 is 0 Å². The quantitative estimate of drug-likeness (QED) is 0.640. The second kappa shape index (κ2) is 8.99. The molecule has 1 aliphatic heterocycles.